The number of hydrogen-bond acceptors (Lipinski definition) is 2. The zero-order valence-electron chi connectivity index (χ0n) is 12.6. The van der Waals surface area contributed by atoms with Gasteiger partial charge in [-0.15, -0.1) is 0 Å². The quantitative estimate of drug-likeness (QED) is 0.887. The molecule has 3 atom stereocenters. The summed E-state index contributed by atoms with van der Waals surface area (Å²) < 4.78 is 0. The lowest BCUT2D eigenvalue weighted by Gasteiger charge is -2.28. The first kappa shape index (κ1) is 14.9. The van der Waals surface area contributed by atoms with Crippen molar-refractivity contribution in [1.29, 1.82) is 0 Å². The Labute approximate surface area is 121 Å². The first-order chi connectivity index (χ1) is 9.52. The molecule has 1 fully saturated rings. The van der Waals surface area contributed by atoms with E-state index in [2.05, 4.69) is 19.2 Å². The summed E-state index contributed by atoms with van der Waals surface area (Å²) in [5, 5.41) is 2.99. The van der Waals surface area contributed by atoms with Gasteiger partial charge in [0.1, 0.15) is 0 Å². The third-order valence-electron chi connectivity index (χ3n) is 4.18. The van der Waals surface area contributed by atoms with Gasteiger partial charge < -0.3 is 16.0 Å². The fourth-order valence-electron chi connectivity index (χ4n) is 2.90. The molecular formula is C16H25N3O. The highest BCUT2D eigenvalue weighted by atomic mass is 16.2. The number of nitrogens with zero attached hydrogens (tertiary/aromatic N) is 1. The van der Waals surface area contributed by atoms with Crippen LogP contribution in [0.3, 0.4) is 0 Å². The molecule has 4 nitrogen and oxygen atoms in total. The minimum absolute atomic E-state index is 0.00963. The van der Waals surface area contributed by atoms with Crippen LogP contribution in [0.2, 0.25) is 0 Å². The van der Waals surface area contributed by atoms with Gasteiger partial charge in [0.15, 0.2) is 0 Å². The van der Waals surface area contributed by atoms with Crippen molar-refractivity contribution in [3.63, 3.8) is 0 Å². The van der Waals surface area contributed by atoms with E-state index in [1.807, 2.05) is 36.1 Å². The summed E-state index contributed by atoms with van der Waals surface area (Å²) in [6.45, 7) is 6.21. The Morgan fingerprint density at radius 1 is 1.40 bits per heavy atom. The molecule has 1 aromatic rings. The number of benzene rings is 1. The Bertz CT molecular complexity index is 455. The highest BCUT2D eigenvalue weighted by Gasteiger charge is 2.33. The van der Waals surface area contributed by atoms with Gasteiger partial charge in [-0.05, 0) is 50.8 Å². The van der Waals surface area contributed by atoms with Crippen molar-refractivity contribution in [2.75, 3.05) is 5.32 Å². The van der Waals surface area contributed by atoms with E-state index in [1.165, 1.54) is 0 Å². The second kappa shape index (κ2) is 6.27. The predicted octanol–water partition coefficient (Wildman–Crippen LogP) is 3.50. The van der Waals surface area contributed by atoms with Crippen LogP contribution in [-0.2, 0) is 0 Å². The topological polar surface area (TPSA) is 58.4 Å². The van der Waals surface area contributed by atoms with E-state index in [0.29, 0.717) is 12.1 Å². The summed E-state index contributed by atoms with van der Waals surface area (Å²) in [5.74, 6) is 0. The summed E-state index contributed by atoms with van der Waals surface area (Å²) in [6.07, 6.45) is 3.21. The molecule has 3 unspecified atom stereocenters. The molecule has 1 aliphatic heterocycles. The Hall–Kier alpha value is -1.55. The van der Waals surface area contributed by atoms with Gasteiger partial charge in [-0.2, -0.15) is 0 Å². The number of rotatable bonds is 3. The third kappa shape index (κ3) is 3.12. The van der Waals surface area contributed by atoms with Crippen molar-refractivity contribution in [3.05, 3.63) is 29.8 Å². The fraction of sp³-hybridized carbons (Fsp3) is 0.562. The van der Waals surface area contributed by atoms with Crippen LogP contribution >= 0.6 is 0 Å². The highest BCUT2D eigenvalue weighted by molar-refractivity contribution is 5.90. The van der Waals surface area contributed by atoms with Gasteiger partial charge in [-0.1, -0.05) is 19.1 Å². The van der Waals surface area contributed by atoms with Crippen molar-refractivity contribution < 1.29 is 4.79 Å². The molecule has 1 aliphatic rings. The van der Waals surface area contributed by atoms with Gasteiger partial charge in [-0.25, -0.2) is 4.79 Å². The van der Waals surface area contributed by atoms with Gasteiger partial charge >= 0.3 is 6.03 Å². The molecule has 3 N–H and O–H groups in total. The van der Waals surface area contributed by atoms with Crippen LogP contribution in [0, 0.1) is 0 Å². The standard InChI is InChI=1S/C16H25N3O/c1-4-15-10-5-11(2)19(15)16(20)18-14-8-6-13(7-9-14)12(3)17/h6-9,11-12,15H,4-5,10,17H2,1-3H3,(H,18,20). The van der Waals surface area contributed by atoms with Crippen LogP contribution in [-0.4, -0.2) is 23.0 Å². The maximum Gasteiger partial charge on any atom is 0.322 e. The Morgan fingerprint density at radius 3 is 2.60 bits per heavy atom. The lowest BCUT2D eigenvalue weighted by atomic mass is 10.1. The van der Waals surface area contributed by atoms with Crippen molar-refractivity contribution in [1.82, 2.24) is 4.90 Å². The van der Waals surface area contributed by atoms with Crippen LogP contribution in [0.4, 0.5) is 10.5 Å². The van der Waals surface area contributed by atoms with Crippen molar-refractivity contribution in [2.24, 2.45) is 5.73 Å². The van der Waals surface area contributed by atoms with E-state index in [1.54, 1.807) is 0 Å². The molecule has 1 aromatic carbocycles. The molecule has 0 spiro atoms. The minimum atomic E-state index is 0.00963. The zero-order chi connectivity index (χ0) is 14.7. The summed E-state index contributed by atoms with van der Waals surface area (Å²) in [5.41, 5.74) is 7.72. The largest absolute Gasteiger partial charge is 0.324 e. The predicted molar refractivity (Wildman–Crippen MR) is 82.7 cm³/mol. The Kier molecular flexibility index (Phi) is 4.65. The Morgan fingerprint density at radius 2 is 2.05 bits per heavy atom. The van der Waals surface area contributed by atoms with E-state index < -0.39 is 0 Å². The summed E-state index contributed by atoms with van der Waals surface area (Å²) >= 11 is 0. The maximum absolute atomic E-state index is 12.4. The average molecular weight is 275 g/mol. The van der Waals surface area contributed by atoms with Gasteiger partial charge in [0, 0.05) is 23.8 Å². The molecule has 0 bridgehead atoms. The molecule has 0 radical (unpaired) electrons. The molecule has 4 heteroatoms. The van der Waals surface area contributed by atoms with Crippen molar-refractivity contribution >= 4 is 11.7 Å². The molecule has 2 amide bonds. The molecule has 1 heterocycles. The molecule has 1 saturated heterocycles. The van der Waals surface area contributed by atoms with Crippen LogP contribution in [0.25, 0.3) is 0 Å². The van der Waals surface area contributed by atoms with Gasteiger partial charge in [0.2, 0.25) is 0 Å². The number of anilines is 1. The molecular weight excluding hydrogens is 250 g/mol. The first-order valence-corrected chi connectivity index (χ1v) is 7.47. The molecule has 0 aromatic heterocycles. The van der Waals surface area contributed by atoms with Crippen LogP contribution in [0.15, 0.2) is 24.3 Å². The smallest absolute Gasteiger partial charge is 0.322 e. The monoisotopic (exact) mass is 275 g/mol. The second-order valence-corrected chi connectivity index (χ2v) is 5.74. The van der Waals surface area contributed by atoms with Crippen LogP contribution in [0.1, 0.15) is 51.6 Å². The SMILES string of the molecule is CCC1CCC(C)N1C(=O)Nc1ccc(C(C)N)cc1. The molecule has 0 aliphatic carbocycles. The zero-order valence-corrected chi connectivity index (χ0v) is 12.6. The summed E-state index contributed by atoms with van der Waals surface area (Å²) in [7, 11) is 0. The van der Waals surface area contributed by atoms with Gasteiger partial charge in [0.05, 0.1) is 0 Å². The Balaban J connectivity index is 2.03. The van der Waals surface area contributed by atoms with Gasteiger partial charge in [0.25, 0.3) is 0 Å². The number of hydrogen-bond donors (Lipinski definition) is 2. The van der Waals surface area contributed by atoms with E-state index in [4.69, 9.17) is 5.73 Å². The lowest BCUT2D eigenvalue weighted by molar-refractivity contribution is 0.188. The number of urea groups is 1. The van der Waals surface area contributed by atoms with Crippen molar-refractivity contribution in [2.45, 2.75) is 58.2 Å². The molecule has 0 saturated carbocycles. The number of amides is 2. The minimum Gasteiger partial charge on any atom is -0.324 e. The van der Waals surface area contributed by atoms with E-state index >= 15 is 0 Å². The van der Waals surface area contributed by atoms with Crippen LogP contribution in [0.5, 0.6) is 0 Å². The normalized spacial score (nSPS) is 23.7. The van der Waals surface area contributed by atoms with E-state index in [9.17, 15) is 4.79 Å². The third-order valence-corrected chi connectivity index (χ3v) is 4.18. The number of carbonyl (C=O) groups is 1. The summed E-state index contributed by atoms with van der Waals surface area (Å²) in [4.78, 5) is 14.4. The highest BCUT2D eigenvalue weighted by Crippen LogP contribution is 2.27. The average Bonchev–Trinajstić information content (AvgIpc) is 2.80. The molecule has 110 valence electrons. The summed E-state index contributed by atoms with van der Waals surface area (Å²) in [6, 6.07) is 8.47. The number of likely N-dealkylation sites (tertiary alicyclic amines) is 1. The second-order valence-electron chi connectivity index (χ2n) is 5.74. The van der Waals surface area contributed by atoms with Crippen LogP contribution < -0.4 is 11.1 Å². The lowest BCUT2D eigenvalue weighted by Crippen LogP contribution is -2.42. The maximum atomic E-state index is 12.4. The van der Waals surface area contributed by atoms with E-state index in [-0.39, 0.29) is 12.1 Å². The first-order valence-electron chi connectivity index (χ1n) is 7.47. The van der Waals surface area contributed by atoms with Gasteiger partial charge in [-0.3, -0.25) is 0 Å². The number of carbonyl (C=O) groups excluding carboxylic acids is 1. The van der Waals surface area contributed by atoms with Crippen molar-refractivity contribution in [3.8, 4) is 0 Å². The molecule has 2 rings (SSSR count). The number of nitrogens with two attached hydrogens (primary N) is 1. The molecule has 20 heavy (non-hydrogen) atoms. The number of nitrogens with one attached hydrogen (secondary N) is 1. The van der Waals surface area contributed by atoms with E-state index in [0.717, 1.165) is 30.5 Å². The fourth-order valence-corrected chi connectivity index (χ4v) is 2.90.